The Kier molecular flexibility index (Phi) is 3.07. The number of hydrogen-bond acceptors (Lipinski definition) is 3. The first kappa shape index (κ1) is 11.7. The highest BCUT2D eigenvalue weighted by Gasteiger charge is 2.27. The van der Waals surface area contributed by atoms with E-state index in [4.69, 9.17) is 0 Å². The molecule has 0 unspecified atom stereocenters. The van der Waals surface area contributed by atoms with Crippen LogP contribution in [0.2, 0.25) is 0 Å². The van der Waals surface area contributed by atoms with Crippen LogP contribution in [0.15, 0.2) is 0 Å². The van der Waals surface area contributed by atoms with Gasteiger partial charge in [0.15, 0.2) is 5.69 Å². The normalized spacial score (nSPS) is 23.8. The summed E-state index contributed by atoms with van der Waals surface area (Å²) >= 11 is 0. The van der Waals surface area contributed by atoms with Crippen LogP contribution in [0.3, 0.4) is 0 Å². The van der Waals surface area contributed by atoms with Crippen molar-refractivity contribution in [1.29, 1.82) is 0 Å². The predicted molar refractivity (Wildman–Crippen MR) is 68.3 cm³/mol. The van der Waals surface area contributed by atoms with Crippen molar-refractivity contribution in [3.8, 4) is 0 Å². The molecule has 5 heteroatoms. The maximum atomic E-state index is 12.5. The molecule has 0 aliphatic carbocycles. The molecule has 0 spiro atoms. The van der Waals surface area contributed by atoms with Crippen LogP contribution >= 0.6 is 0 Å². The number of carbonyl (C=O) groups excluding carboxylic acids is 1. The fourth-order valence-electron chi connectivity index (χ4n) is 2.93. The molecule has 0 bridgehead atoms. The average molecular weight is 248 g/mol. The van der Waals surface area contributed by atoms with E-state index in [-0.39, 0.29) is 5.91 Å². The van der Waals surface area contributed by atoms with Crippen LogP contribution in [0.25, 0.3) is 0 Å². The monoisotopic (exact) mass is 248 g/mol. The van der Waals surface area contributed by atoms with Crippen molar-refractivity contribution in [2.75, 3.05) is 19.6 Å². The minimum atomic E-state index is 0.0998. The van der Waals surface area contributed by atoms with E-state index < -0.39 is 0 Å². The number of aromatic nitrogens is 2. The third-order valence-electron chi connectivity index (χ3n) is 3.95. The average Bonchev–Trinajstić information content (AvgIpc) is 2.82. The van der Waals surface area contributed by atoms with Gasteiger partial charge in [-0.1, -0.05) is 6.92 Å². The number of nitrogens with one attached hydrogen (secondary N) is 2. The Balaban J connectivity index is 1.81. The molecule has 0 radical (unpaired) electrons. The van der Waals surface area contributed by atoms with E-state index in [2.05, 4.69) is 22.4 Å². The van der Waals surface area contributed by atoms with E-state index in [1.54, 1.807) is 0 Å². The third-order valence-corrected chi connectivity index (χ3v) is 3.95. The van der Waals surface area contributed by atoms with Crippen LogP contribution in [0, 0.1) is 5.92 Å². The van der Waals surface area contributed by atoms with Crippen molar-refractivity contribution in [2.45, 2.75) is 32.7 Å². The highest BCUT2D eigenvalue weighted by molar-refractivity contribution is 5.94. The molecule has 3 rings (SSSR count). The Morgan fingerprint density at radius 1 is 1.50 bits per heavy atom. The summed E-state index contributed by atoms with van der Waals surface area (Å²) in [5.74, 6) is 0.707. The van der Waals surface area contributed by atoms with Crippen LogP contribution in [-0.2, 0) is 13.0 Å². The number of piperidine rings is 1. The molecule has 1 aromatic rings. The first-order chi connectivity index (χ1) is 8.75. The summed E-state index contributed by atoms with van der Waals surface area (Å²) in [6.07, 6.45) is 3.27. The van der Waals surface area contributed by atoms with Crippen LogP contribution in [0.4, 0.5) is 0 Å². The zero-order valence-electron chi connectivity index (χ0n) is 10.8. The van der Waals surface area contributed by atoms with Gasteiger partial charge in [-0.25, -0.2) is 0 Å². The molecule has 2 aliphatic heterocycles. The molecule has 3 heterocycles. The summed E-state index contributed by atoms with van der Waals surface area (Å²) in [6, 6.07) is 0. The summed E-state index contributed by atoms with van der Waals surface area (Å²) in [4.78, 5) is 14.5. The Hall–Kier alpha value is -1.36. The third kappa shape index (κ3) is 2.03. The van der Waals surface area contributed by atoms with Gasteiger partial charge in [-0.2, -0.15) is 5.10 Å². The molecule has 1 amide bonds. The lowest BCUT2D eigenvalue weighted by atomic mass is 9.99. The van der Waals surface area contributed by atoms with Crippen molar-refractivity contribution < 1.29 is 4.79 Å². The maximum Gasteiger partial charge on any atom is 0.274 e. The van der Waals surface area contributed by atoms with Gasteiger partial charge in [0.1, 0.15) is 0 Å². The van der Waals surface area contributed by atoms with Gasteiger partial charge in [0, 0.05) is 43.9 Å². The molecule has 1 aromatic heterocycles. The Bertz CT molecular complexity index is 454. The molecule has 2 aliphatic rings. The van der Waals surface area contributed by atoms with Crippen molar-refractivity contribution in [3.05, 3.63) is 17.0 Å². The van der Waals surface area contributed by atoms with E-state index in [1.165, 1.54) is 6.42 Å². The van der Waals surface area contributed by atoms with E-state index in [0.717, 1.165) is 50.3 Å². The van der Waals surface area contributed by atoms with Gasteiger partial charge >= 0.3 is 0 Å². The lowest BCUT2D eigenvalue weighted by Gasteiger charge is -2.30. The van der Waals surface area contributed by atoms with Gasteiger partial charge in [0.25, 0.3) is 5.91 Å². The summed E-state index contributed by atoms with van der Waals surface area (Å²) in [7, 11) is 0. The van der Waals surface area contributed by atoms with E-state index in [9.17, 15) is 4.79 Å². The number of H-pyrrole nitrogens is 1. The van der Waals surface area contributed by atoms with Gasteiger partial charge in [0.05, 0.1) is 0 Å². The van der Waals surface area contributed by atoms with Crippen LogP contribution < -0.4 is 5.32 Å². The second-order valence-corrected chi connectivity index (χ2v) is 5.45. The van der Waals surface area contributed by atoms with Gasteiger partial charge in [-0.3, -0.25) is 9.89 Å². The fraction of sp³-hybridized carbons (Fsp3) is 0.692. The number of amides is 1. The molecule has 1 saturated heterocycles. The lowest BCUT2D eigenvalue weighted by molar-refractivity contribution is 0.0675. The SMILES string of the molecule is C[C@H]1CCCN(C(=O)c2n[nH]c3c2CNCC3)C1. The molecular formula is C13H20N4O. The smallest absolute Gasteiger partial charge is 0.274 e. The first-order valence-electron chi connectivity index (χ1n) is 6.82. The second-order valence-electron chi connectivity index (χ2n) is 5.45. The van der Waals surface area contributed by atoms with Crippen LogP contribution in [-0.4, -0.2) is 40.6 Å². The van der Waals surface area contributed by atoms with Crippen LogP contribution in [0.1, 0.15) is 41.5 Å². The minimum Gasteiger partial charge on any atom is -0.337 e. The number of likely N-dealkylation sites (tertiary alicyclic amines) is 1. The largest absolute Gasteiger partial charge is 0.337 e. The highest BCUT2D eigenvalue weighted by atomic mass is 16.2. The summed E-state index contributed by atoms with van der Waals surface area (Å²) < 4.78 is 0. The predicted octanol–water partition coefficient (Wildman–Crippen LogP) is 0.927. The molecule has 98 valence electrons. The number of nitrogens with zero attached hydrogens (tertiary/aromatic N) is 2. The molecule has 0 aromatic carbocycles. The van der Waals surface area contributed by atoms with Crippen molar-refractivity contribution in [2.24, 2.45) is 5.92 Å². The van der Waals surface area contributed by atoms with E-state index in [0.29, 0.717) is 11.6 Å². The molecule has 2 N–H and O–H groups in total. The second kappa shape index (κ2) is 4.72. The summed E-state index contributed by atoms with van der Waals surface area (Å²) in [5.41, 5.74) is 2.83. The van der Waals surface area contributed by atoms with E-state index >= 15 is 0 Å². The Morgan fingerprint density at radius 3 is 3.22 bits per heavy atom. The molecule has 5 nitrogen and oxygen atoms in total. The van der Waals surface area contributed by atoms with Gasteiger partial charge in [0.2, 0.25) is 0 Å². The Morgan fingerprint density at radius 2 is 2.39 bits per heavy atom. The quantitative estimate of drug-likeness (QED) is 0.777. The van der Waals surface area contributed by atoms with Crippen LogP contribution in [0.5, 0.6) is 0 Å². The number of hydrogen-bond donors (Lipinski definition) is 2. The van der Waals surface area contributed by atoms with Crippen molar-refractivity contribution in [1.82, 2.24) is 20.4 Å². The highest BCUT2D eigenvalue weighted by Crippen LogP contribution is 2.21. The number of rotatable bonds is 1. The molecule has 0 saturated carbocycles. The fourth-order valence-corrected chi connectivity index (χ4v) is 2.93. The van der Waals surface area contributed by atoms with Gasteiger partial charge in [-0.15, -0.1) is 0 Å². The number of aromatic amines is 1. The molecular weight excluding hydrogens is 228 g/mol. The summed E-state index contributed by atoms with van der Waals surface area (Å²) in [6.45, 7) is 5.67. The maximum absolute atomic E-state index is 12.5. The molecule has 1 atom stereocenters. The van der Waals surface area contributed by atoms with Gasteiger partial charge < -0.3 is 10.2 Å². The number of carbonyl (C=O) groups is 1. The van der Waals surface area contributed by atoms with Crippen molar-refractivity contribution >= 4 is 5.91 Å². The number of fused-ring (bicyclic) bond motifs is 1. The standard InChI is InChI=1S/C13H20N4O/c1-9-3-2-6-17(8-9)13(18)12-10-7-14-5-4-11(10)15-16-12/h9,14H,2-8H2,1H3,(H,15,16)/t9-/m0/s1. The zero-order chi connectivity index (χ0) is 12.5. The molecule has 18 heavy (non-hydrogen) atoms. The lowest BCUT2D eigenvalue weighted by Crippen LogP contribution is -2.40. The minimum absolute atomic E-state index is 0.0998. The first-order valence-corrected chi connectivity index (χ1v) is 6.82. The molecule has 1 fully saturated rings. The zero-order valence-corrected chi connectivity index (χ0v) is 10.8. The Labute approximate surface area is 107 Å². The van der Waals surface area contributed by atoms with Gasteiger partial charge in [-0.05, 0) is 18.8 Å². The topological polar surface area (TPSA) is 61.0 Å². The van der Waals surface area contributed by atoms with E-state index in [1.807, 2.05) is 4.90 Å². The van der Waals surface area contributed by atoms with Crippen molar-refractivity contribution in [3.63, 3.8) is 0 Å². The summed E-state index contributed by atoms with van der Waals surface area (Å²) in [5, 5.41) is 10.6.